The first kappa shape index (κ1) is 28.5. The molecule has 3 aromatic rings. The zero-order valence-corrected chi connectivity index (χ0v) is 23.2. The lowest BCUT2D eigenvalue weighted by Gasteiger charge is -2.37. The molecule has 2 N–H and O–H groups in total. The van der Waals surface area contributed by atoms with Crippen molar-refractivity contribution >= 4 is 11.7 Å². The van der Waals surface area contributed by atoms with Crippen LogP contribution in [0.5, 0.6) is 0 Å². The van der Waals surface area contributed by atoms with Gasteiger partial charge >= 0.3 is 6.18 Å². The van der Waals surface area contributed by atoms with E-state index in [0.717, 1.165) is 37.1 Å². The van der Waals surface area contributed by atoms with E-state index in [1.807, 2.05) is 21.9 Å². The number of rotatable bonds is 6. The molecule has 5 heterocycles. The molecule has 1 saturated carbocycles. The first-order chi connectivity index (χ1) is 20.2. The van der Waals surface area contributed by atoms with Crippen LogP contribution in [0.1, 0.15) is 49.8 Å². The molecule has 3 fully saturated rings. The van der Waals surface area contributed by atoms with Crippen molar-refractivity contribution < 1.29 is 23.1 Å². The fourth-order valence-corrected chi connectivity index (χ4v) is 6.37. The molecule has 0 aromatic carbocycles. The van der Waals surface area contributed by atoms with Crippen molar-refractivity contribution in [1.29, 1.82) is 0 Å². The van der Waals surface area contributed by atoms with Gasteiger partial charge in [-0.25, -0.2) is 15.0 Å². The van der Waals surface area contributed by atoms with E-state index >= 15 is 0 Å². The van der Waals surface area contributed by atoms with Gasteiger partial charge in [0, 0.05) is 68.6 Å². The Bertz CT molecular complexity index is 1360. The number of carbonyl (C=O) groups excluding carboxylic acids is 1. The number of amides is 1. The zero-order chi connectivity index (χ0) is 29.3. The zero-order valence-electron chi connectivity index (χ0n) is 23.2. The maximum Gasteiger partial charge on any atom is 0.417 e. The quantitative estimate of drug-likeness (QED) is 0.453. The number of anilines is 1. The highest BCUT2D eigenvalue weighted by Gasteiger charge is 2.39. The van der Waals surface area contributed by atoms with Crippen LogP contribution in [-0.4, -0.2) is 74.1 Å². The summed E-state index contributed by atoms with van der Waals surface area (Å²) < 4.78 is 38.6. The molecule has 1 aliphatic carbocycles. The monoisotopic (exact) mass is 581 g/mol. The summed E-state index contributed by atoms with van der Waals surface area (Å²) in [6, 6.07) is 8.38. The van der Waals surface area contributed by atoms with E-state index in [-0.39, 0.29) is 23.9 Å². The predicted octanol–water partition coefficient (Wildman–Crippen LogP) is 3.80. The van der Waals surface area contributed by atoms with Gasteiger partial charge in [-0.3, -0.25) is 9.78 Å². The third-order valence-corrected chi connectivity index (χ3v) is 8.79. The molecule has 1 unspecified atom stereocenters. The number of nitrogens with zero attached hydrogens (tertiary/aromatic N) is 6. The van der Waals surface area contributed by atoms with E-state index in [1.54, 1.807) is 24.7 Å². The van der Waals surface area contributed by atoms with Gasteiger partial charge in [0.2, 0.25) is 5.91 Å². The van der Waals surface area contributed by atoms with Crippen LogP contribution >= 0.6 is 0 Å². The molecule has 42 heavy (non-hydrogen) atoms. The summed E-state index contributed by atoms with van der Waals surface area (Å²) in [5.41, 5.74) is -0.279. The Morgan fingerprint density at radius 1 is 0.905 bits per heavy atom. The lowest BCUT2D eigenvalue weighted by atomic mass is 9.79. The summed E-state index contributed by atoms with van der Waals surface area (Å²) in [6.45, 7) is 2.37. The Morgan fingerprint density at radius 2 is 1.69 bits per heavy atom. The van der Waals surface area contributed by atoms with E-state index in [9.17, 15) is 23.1 Å². The van der Waals surface area contributed by atoms with E-state index in [1.165, 1.54) is 6.07 Å². The van der Waals surface area contributed by atoms with E-state index in [2.05, 4.69) is 25.3 Å². The van der Waals surface area contributed by atoms with E-state index in [0.29, 0.717) is 62.8 Å². The second-order valence-corrected chi connectivity index (χ2v) is 11.6. The van der Waals surface area contributed by atoms with Gasteiger partial charge in [-0.15, -0.1) is 0 Å². The van der Waals surface area contributed by atoms with Crippen LogP contribution < -0.4 is 10.2 Å². The van der Waals surface area contributed by atoms with Crippen molar-refractivity contribution in [3.05, 3.63) is 66.4 Å². The number of nitrogens with one attached hydrogen (secondary N) is 1. The minimum Gasteiger partial charge on any atom is -0.384 e. The number of hydrogen-bond acceptors (Lipinski definition) is 8. The summed E-state index contributed by atoms with van der Waals surface area (Å²) >= 11 is 0. The number of carbonyl (C=O) groups is 1. The number of aromatic nitrogens is 4. The number of halogens is 3. The van der Waals surface area contributed by atoms with Crippen molar-refractivity contribution in [1.82, 2.24) is 30.2 Å². The number of pyridine rings is 2. The summed E-state index contributed by atoms with van der Waals surface area (Å²) in [5, 5.41) is 15.0. The Balaban J connectivity index is 0.966. The van der Waals surface area contributed by atoms with Crippen molar-refractivity contribution in [2.75, 3.05) is 31.1 Å². The minimum absolute atomic E-state index is 0.0992. The average molecular weight is 582 g/mol. The highest BCUT2D eigenvalue weighted by Crippen LogP contribution is 2.37. The van der Waals surface area contributed by atoms with Crippen LogP contribution in [0.15, 0.2) is 55.1 Å². The summed E-state index contributed by atoms with van der Waals surface area (Å²) in [7, 11) is 0. The first-order valence-electron chi connectivity index (χ1n) is 14.5. The molecular formula is C30H34F3N7O2. The molecule has 0 radical (unpaired) electrons. The topological polar surface area (TPSA) is 107 Å². The number of hydrogen-bond donors (Lipinski definition) is 2. The van der Waals surface area contributed by atoms with Crippen LogP contribution in [-0.2, 0) is 16.6 Å². The molecule has 0 spiro atoms. The van der Waals surface area contributed by atoms with Gasteiger partial charge in [-0.1, -0.05) is 0 Å². The van der Waals surface area contributed by atoms with Gasteiger partial charge in [-0.05, 0) is 68.9 Å². The van der Waals surface area contributed by atoms with Gasteiger partial charge in [-0.2, -0.15) is 13.2 Å². The first-order valence-corrected chi connectivity index (χ1v) is 14.5. The number of likely N-dealkylation sites (tertiary alicyclic amines) is 1. The third-order valence-electron chi connectivity index (χ3n) is 8.79. The molecule has 6 rings (SSSR count). The Kier molecular flexibility index (Phi) is 7.84. The molecule has 2 saturated heterocycles. The van der Waals surface area contributed by atoms with Crippen molar-refractivity contribution in [2.45, 2.75) is 62.4 Å². The maximum absolute atomic E-state index is 13.3. The van der Waals surface area contributed by atoms with Gasteiger partial charge in [0.05, 0.1) is 17.2 Å². The Labute approximate surface area is 242 Å². The number of aliphatic hydroxyl groups is 1. The lowest BCUT2D eigenvalue weighted by Crippen LogP contribution is -2.46. The van der Waals surface area contributed by atoms with Gasteiger partial charge in [0.1, 0.15) is 11.4 Å². The molecule has 1 amide bonds. The van der Waals surface area contributed by atoms with Crippen LogP contribution in [0.4, 0.5) is 19.0 Å². The summed E-state index contributed by atoms with van der Waals surface area (Å²) in [6.07, 6.45) is 5.85. The minimum atomic E-state index is -4.42. The van der Waals surface area contributed by atoms with Crippen molar-refractivity contribution in [3.8, 4) is 11.4 Å². The number of alkyl halides is 3. The Morgan fingerprint density at radius 3 is 2.36 bits per heavy atom. The molecular weight excluding hydrogens is 547 g/mol. The molecule has 2 atom stereocenters. The molecule has 222 valence electrons. The third kappa shape index (κ3) is 6.10. The predicted molar refractivity (Wildman–Crippen MR) is 149 cm³/mol. The SMILES string of the molecule is O=C(C1CCN(c2ccc(C(F)(F)F)cn2)C1)N1CC[C@H](NC2CCC(O)(c3ccc(-c4ncccn4)cn3)CC2)C1. The highest BCUT2D eigenvalue weighted by molar-refractivity contribution is 5.80. The highest BCUT2D eigenvalue weighted by atomic mass is 19.4. The normalized spacial score (nSPS) is 26.5. The second-order valence-electron chi connectivity index (χ2n) is 11.6. The summed E-state index contributed by atoms with van der Waals surface area (Å²) in [4.78, 5) is 34.1. The maximum atomic E-state index is 13.3. The van der Waals surface area contributed by atoms with E-state index in [4.69, 9.17) is 0 Å². The lowest BCUT2D eigenvalue weighted by molar-refractivity contribution is -0.137. The summed E-state index contributed by atoms with van der Waals surface area (Å²) in [5.74, 6) is 0.974. The smallest absolute Gasteiger partial charge is 0.384 e. The van der Waals surface area contributed by atoms with Crippen LogP contribution in [0.3, 0.4) is 0 Å². The molecule has 0 bridgehead atoms. The molecule has 3 aliphatic rings. The fraction of sp³-hybridized carbons (Fsp3) is 0.500. The molecule has 12 heteroatoms. The largest absolute Gasteiger partial charge is 0.417 e. The molecule has 2 aliphatic heterocycles. The van der Waals surface area contributed by atoms with Crippen LogP contribution in [0.2, 0.25) is 0 Å². The standard InChI is InChI=1S/C30H34F3N7O2/c31-30(32,33)22-3-5-26(37-17-22)39-14-8-21(18-39)28(41)40-15-9-24(19-40)38-23-6-10-29(42,11-7-23)25-4-2-20(16-36-25)27-34-12-1-13-35-27/h1-5,12-13,16-17,21,23-24,38,42H,6-11,14-15,18-19H2/t21?,23?,24-,29?/m0/s1. The molecule has 9 nitrogen and oxygen atoms in total. The van der Waals surface area contributed by atoms with Crippen LogP contribution in [0.25, 0.3) is 11.4 Å². The van der Waals surface area contributed by atoms with Crippen LogP contribution in [0, 0.1) is 5.92 Å². The van der Waals surface area contributed by atoms with Crippen molar-refractivity contribution in [2.24, 2.45) is 5.92 Å². The average Bonchev–Trinajstić information content (AvgIpc) is 3.69. The van der Waals surface area contributed by atoms with Gasteiger partial charge < -0.3 is 20.2 Å². The Hall–Kier alpha value is -3.64. The van der Waals surface area contributed by atoms with Gasteiger partial charge in [0.25, 0.3) is 0 Å². The van der Waals surface area contributed by atoms with Gasteiger partial charge in [0.15, 0.2) is 5.82 Å². The van der Waals surface area contributed by atoms with E-state index < -0.39 is 17.3 Å². The van der Waals surface area contributed by atoms with Crippen molar-refractivity contribution in [3.63, 3.8) is 0 Å². The fourth-order valence-electron chi connectivity index (χ4n) is 6.37. The molecule has 3 aromatic heterocycles. The second kappa shape index (κ2) is 11.6.